The van der Waals surface area contributed by atoms with Crippen LogP contribution in [0, 0.1) is 0 Å². The van der Waals surface area contributed by atoms with Crippen LogP contribution < -0.4 is 4.72 Å². The summed E-state index contributed by atoms with van der Waals surface area (Å²) < 4.78 is 26.6. The lowest BCUT2D eigenvalue weighted by Gasteiger charge is -2.06. The Morgan fingerprint density at radius 3 is 2.55 bits per heavy atom. The minimum Gasteiger partial charge on any atom is -0.396 e. The molecule has 1 heterocycles. The zero-order valence-electron chi connectivity index (χ0n) is 10.9. The van der Waals surface area contributed by atoms with E-state index < -0.39 is 10.0 Å². The Bertz CT molecular complexity index is 621. The molecule has 7 heteroatoms. The first-order chi connectivity index (χ1) is 9.62. The van der Waals surface area contributed by atoms with Gasteiger partial charge in [-0.05, 0) is 24.1 Å². The molecule has 0 saturated carbocycles. The zero-order valence-corrected chi connectivity index (χ0v) is 11.7. The molecule has 20 heavy (non-hydrogen) atoms. The third kappa shape index (κ3) is 3.89. The van der Waals surface area contributed by atoms with Crippen LogP contribution in [0.15, 0.2) is 41.6 Å². The minimum atomic E-state index is -3.50. The van der Waals surface area contributed by atoms with Gasteiger partial charge < -0.3 is 10.1 Å². The summed E-state index contributed by atoms with van der Waals surface area (Å²) in [6.45, 7) is 0.335. The van der Waals surface area contributed by atoms with Crippen LogP contribution in [0.1, 0.15) is 11.4 Å². The Morgan fingerprint density at radius 2 is 1.95 bits per heavy atom. The van der Waals surface area contributed by atoms with Crippen LogP contribution in [-0.4, -0.2) is 36.6 Å². The topological polar surface area (TPSA) is 95.1 Å². The van der Waals surface area contributed by atoms with Gasteiger partial charge in [0.05, 0.1) is 4.90 Å². The summed E-state index contributed by atoms with van der Waals surface area (Å²) in [6.07, 6.45) is 4.36. The standard InChI is InChI=1S/C13H17N3O3S/c17-10-6-11-1-3-12(4-2-11)20(18,19)16-7-5-13-14-8-9-15-13/h1-4,8-9,16-17H,5-7,10H2,(H,14,15). The van der Waals surface area contributed by atoms with Crippen LogP contribution >= 0.6 is 0 Å². The summed E-state index contributed by atoms with van der Waals surface area (Å²) in [6, 6.07) is 6.50. The van der Waals surface area contributed by atoms with Crippen molar-refractivity contribution >= 4 is 10.0 Å². The van der Waals surface area contributed by atoms with Gasteiger partial charge in [0.25, 0.3) is 0 Å². The molecular weight excluding hydrogens is 278 g/mol. The van der Waals surface area contributed by atoms with E-state index in [9.17, 15) is 8.42 Å². The minimum absolute atomic E-state index is 0.0491. The largest absolute Gasteiger partial charge is 0.396 e. The van der Waals surface area contributed by atoms with Crippen molar-refractivity contribution in [2.24, 2.45) is 0 Å². The van der Waals surface area contributed by atoms with E-state index in [1.165, 1.54) is 0 Å². The number of aliphatic hydroxyl groups is 1. The van der Waals surface area contributed by atoms with Gasteiger partial charge in [0.1, 0.15) is 5.82 Å². The van der Waals surface area contributed by atoms with Crippen molar-refractivity contribution in [3.63, 3.8) is 0 Å². The smallest absolute Gasteiger partial charge is 0.240 e. The van der Waals surface area contributed by atoms with E-state index in [1.54, 1.807) is 36.7 Å². The molecule has 2 aromatic rings. The maximum atomic E-state index is 12.0. The van der Waals surface area contributed by atoms with Gasteiger partial charge in [-0.2, -0.15) is 0 Å². The van der Waals surface area contributed by atoms with Gasteiger partial charge in [0.15, 0.2) is 0 Å². The van der Waals surface area contributed by atoms with Gasteiger partial charge in [0, 0.05) is 32.0 Å². The van der Waals surface area contributed by atoms with Crippen LogP contribution in [-0.2, 0) is 22.9 Å². The number of nitrogens with zero attached hydrogens (tertiary/aromatic N) is 1. The Balaban J connectivity index is 1.95. The van der Waals surface area contributed by atoms with Gasteiger partial charge in [-0.3, -0.25) is 0 Å². The molecular formula is C13H17N3O3S. The number of sulfonamides is 1. The van der Waals surface area contributed by atoms with Gasteiger partial charge in [-0.1, -0.05) is 12.1 Å². The van der Waals surface area contributed by atoms with Crippen LogP contribution in [0.5, 0.6) is 0 Å². The van der Waals surface area contributed by atoms with E-state index in [0.717, 1.165) is 11.4 Å². The van der Waals surface area contributed by atoms with Gasteiger partial charge in [-0.15, -0.1) is 0 Å². The van der Waals surface area contributed by atoms with Crippen LogP contribution in [0.25, 0.3) is 0 Å². The molecule has 1 aromatic carbocycles. The summed E-state index contributed by atoms with van der Waals surface area (Å²) >= 11 is 0. The third-order valence-electron chi connectivity index (χ3n) is 2.84. The van der Waals surface area contributed by atoms with Crippen molar-refractivity contribution in [3.05, 3.63) is 48.0 Å². The van der Waals surface area contributed by atoms with E-state index in [-0.39, 0.29) is 18.0 Å². The van der Waals surface area contributed by atoms with Crippen molar-refractivity contribution in [2.75, 3.05) is 13.2 Å². The number of aromatic nitrogens is 2. The third-order valence-corrected chi connectivity index (χ3v) is 4.32. The Morgan fingerprint density at radius 1 is 1.20 bits per heavy atom. The van der Waals surface area contributed by atoms with Crippen molar-refractivity contribution in [1.29, 1.82) is 0 Å². The maximum absolute atomic E-state index is 12.0. The summed E-state index contributed by atoms with van der Waals surface area (Å²) in [5.41, 5.74) is 0.905. The summed E-state index contributed by atoms with van der Waals surface area (Å²) in [5, 5.41) is 8.82. The molecule has 2 rings (SSSR count). The predicted molar refractivity (Wildman–Crippen MR) is 74.7 cm³/mol. The molecule has 0 unspecified atom stereocenters. The molecule has 0 atom stereocenters. The molecule has 0 spiro atoms. The normalized spacial score (nSPS) is 11.7. The number of rotatable bonds is 7. The van der Waals surface area contributed by atoms with Gasteiger partial charge in [0.2, 0.25) is 10.0 Å². The Labute approximate surface area is 117 Å². The number of imidazole rings is 1. The highest BCUT2D eigenvalue weighted by molar-refractivity contribution is 7.89. The Kier molecular flexibility index (Phi) is 4.89. The molecule has 1 aromatic heterocycles. The highest BCUT2D eigenvalue weighted by Gasteiger charge is 2.13. The number of aliphatic hydroxyl groups excluding tert-OH is 1. The number of aromatic amines is 1. The molecule has 0 radical (unpaired) electrons. The van der Waals surface area contributed by atoms with Crippen molar-refractivity contribution in [2.45, 2.75) is 17.7 Å². The predicted octanol–water partition coefficient (Wildman–Crippen LogP) is 0.465. The molecule has 6 nitrogen and oxygen atoms in total. The van der Waals surface area contributed by atoms with Crippen LogP contribution in [0.3, 0.4) is 0 Å². The lowest BCUT2D eigenvalue weighted by atomic mass is 10.2. The number of nitrogens with one attached hydrogen (secondary N) is 2. The summed E-state index contributed by atoms with van der Waals surface area (Å²) in [5.74, 6) is 0.742. The number of benzene rings is 1. The highest BCUT2D eigenvalue weighted by atomic mass is 32.2. The molecule has 0 fully saturated rings. The van der Waals surface area contributed by atoms with E-state index in [4.69, 9.17) is 5.11 Å². The second kappa shape index (κ2) is 6.65. The van der Waals surface area contributed by atoms with E-state index >= 15 is 0 Å². The highest BCUT2D eigenvalue weighted by Crippen LogP contribution is 2.10. The van der Waals surface area contributed by atoms with E-state index in [0.29, 0.717) is 12.8 Å². The summed E-state index contributed by atoms with van der Waals surface area (Å²) in [7, 11) is -3.50. The zero-order chi connectivity index (χ0) is 14.4. The average molecular weight is 295 g/mol. The van der Waals surface area contributed by atoms with Crippen molar-refractivity contribution in [1.82, 2.24) is 14.7 Å². The van der Waals surface area contributed by atoms with Crippen LogP contribution in [0.2, 0.25) is 0 Å². The first-order valence-corrected chi connectivity index (χ1v) is 7.78. The first kappa shape index (κ1) is 14.7. The quantitative estimate of drug-likeness (QED) is 0.692. The molecule has 0 amide bonds. The Hall–Kier alpha value is -1.70. The number of H-pyrrole nitrogens is 1. The first-order valence-electron chi connectivity index (χ1n) is 6.29. The lowest BCUT2D eigenvalue weighted by molar-refractivity contribution is 0.299. The van der Waals surface area contributed by atoms with E-state index in [2.05, 4.69) is 14.7 Å². The fourth-order valence-electron chi connectivity index (χ4n) is 1.79. The number of hydrogen-bond donors (Lipinski definition) is 3. The van der Waals surface area contributed by atoms with Crippen molar-refractivity contribution in [3.8, 4) is 0 Å². The molecule has 0 bridgehead atoms. The molecule has 0 saturated heterocycles. The van der Waals surface area contributed by atoms with Gasteiger partial charge in [-0.25, -0.2) is 18.1 Å². The fourth-order valence-corrected chi connectivity index (χ4v) is 2.82. The number of hydrogen-bond acceptors (Lipinski definition) is 4. The van der Waals surface area contributed by atoms with Crippen LogP contribution in [0.4, 0.5) is 0 Å². The molecule has 108 valence electrons. The molecule has 0 aliphatic heterocycles. The summed E-state index contributed by atoms with van der Waals surface area (Å²) in [4.78, 5) is 7.16. The van der Waals surface area contributed by atoms with Crippen molar-refractivity contribution < 1.29 is 13.5 Å². The monoisotopic (exact) mass is 295 g/mol. The lowest BCUT2D eigenvalue weighted by Crippen LogP contribution is -2.26. The average Bonchev–Trinajstić information content (AvgIpc) is 2.93. The molecule has 0 aliphatic carbocycles. The second-order valence-electron chi connectivity index (χ2n) is 4.30. The molecule has 0 aliphatic rings. The fraction of sp³-hybridized carbons (Fsp3) is 0.308. The van der Waals surface area contributed by atoms with Gasteiger partial charge >= 0.3 is 0 Å². The SMILES string of the molecule is O=S(=O)(NCCc1ncc[nH]1)c1ccc(CCO)cc1. The van der Waals surface area contributed by atoms with E-state index in [1.807, 2.05) is 0 Å². The second-order valence-corrected chi connectivity index (χ2v) is 6.07. The molecule has 3 N–H and O–H groups in total. The maximum Gasteiger partial charge on any atom is 0.240 e.